The molecule has 4 nitrogen and oxygen atoms in total. The van der Waals surface area contributed by atoms with E-state index < -0.39 is 0 Å². The third kappa shape index (κ3) is 6.28. The Kier molecular flexibility index (Phi) is 6.99. The number of halogens is 1. The average molecular weight is 321 g/mol. The molecule has 1 aliphatic heterocycles. The lowest BCUT2D eigenvalue weighted by atomic mass is 9.95. The molecule has 0 aromatic heterocycles. The molecule has 1 fully saturated rings. The lowest BCUT2D eigenvalue weighted by molar-refractivity contribution is -0.126. The Hall–Kier alpha value is -1.46. The Morgan fingerprint density at radius 1 is 1.26 bits per heavy atom. The summed E-state index contributed by atoms with van der Waals surface area (Å²) in [5.41, 5.74) is 1.12. The van der Waals surface area contributed by atoms with Gasteiger partial charge in [-0.05, 0) is 70.7 Å². The number of hydrogen-bond donors (Lipinski definition) is 1. The van der Waals surface area contributed by atoms with Gasteiger partial charge in [0.2, 0.25) is 5.91 Å². The van der Waals surface area contributed by atoms with Crippen molar-refractivity contribution in [3.63, 3.8) is 0 Å². The predicted octanol–water partition coefficient (Wildman–Crippen LogP) is 2.11. The standard InChI is InChI=1S/C18H28FN3O/c1-21(2)11-3-10-20-18(23)16-8-12-22(13-9-16)14-15-4-6-17(19)7-5-15/h4-7,16H,3,8-14H2,1-2H3,(H,20,23). The first-order valence-corrected chi connectivity index (χ1v) is 8.44. The molecule has 0 saturated carbocycles. The summed E-state index contributed by atoms with van der Waals surface area (Å²) in [5.74, 6) is 0.141. The number of carbonyl (C=O) groups is 1. The highest BCUT2D eigenvalue weighted by molar-refractivity contribution is 5.78. The summed E-state index contributed by atoms with van der Waals surface area (Å²) in [6, 6.07) is 6.67. The topological polar surface area (TPSA) is 35.6 Å². The molecule has 128 valence electrons. The van der Waals surface area contributed by atoms with Crippen molar-refractivity contribution in [1.82, 2.24) is 15.1 Å². The van der Waals surface area contributed by atoms with E-state index in [-0.39, 0.29) is 17.6 Å². The molecule has 2 rings (SSSR count). The summed E-state index contributed by atoms with van der Waals surface area (Å²) in [5, 5.41) is 3.05. The minimum Gasteiger partial charge on any atom is -0.356 e. The van der Waals surface area contributed by atoms with Crippen LogP contribution in [0.5, 0.6) is 0 Å². The monoisotopic (exact) mass is 321 g/mol. The minimum absolute atomic E-state index is 0.138. The number of carbonyl (C=O) groups excluding carboxylic acids is 1. The number of likely N-dealkylation sites (tertiary alicyclic amines) is 1. The van der Waals surface area contributed by atoms with E-state index in [1.807, 2.05) is 26.2 Å². The van der Waals surface area contributed by atoms with Crippen molar-refractivity contribution in [2.24, 2.45) is 5.92 Å². The van der Waals surface area contributed by atoms with E-state index in [1.165, 1.54) is 12.1 Å². The highest BCUT2D eigenvalue weighted by Crippen LogP contribution is 2.19. The van der Waals surface area contributed by atoms with E-state index in [9.17, 15) is 9.18 Å². The normalized spacial score (nSPS) is 16.7. The van der Waals surface area contributed by atoms with Gasteiger partial charge in [0.15, 0.2) is 0 Å². The molecular formula is C18H28FN3O. The van der Waals surface area contributed by atoms with E-state index in [2.05, 4.69) is 15.1 Å². The second-order valence-electron chi connectivity index (χ2n) is 6.62. The largest absolute Gasteiger partial charge is 0.356 e. The molecule has 0 spiro atoms. The Morgan fingerprint density at radius 3 is 2.52 bits per heavy atom. The van der Waals surface area contributed by atoms with Crippen LogP contribution in [0.4, 0.5) is 4.39 Å². The summed E-state index contributed by atoms with van der Waals surface area (Å²) < 4.78 is 12.9. The summed E-state index contributed by atoms with van der Waals surface area (Å²) in [4.78, 5) is 16.6. The molecule has 23 heavy (non-hydrogen) atoms. The number of amides is 1. The molecule has 1 saturated heterocycles. The number of nitrogens with one attached hydrogen (secondary N) is 1. The maximum atomic E-state index is 12.9. The van der Waals surface area contributed by atoms with Gasteiger partial charge in [-0.1, -0.05) is 12.1 Å². The fourth-order valence-electron chi connectivity index (χ4n) is 2.95. The maximum Gasteiger partial charge on any atom is 0.223 e. The van der Waals surface area contributed by atoms with Gasteiger partial charge in [-0.3, -0.25) is 9.69 Å². The number of rotatable bonds is 7. The molecule has 0 atom stereocenters. The molecule has 0 unspecified atom stereocenters. The molecule has 1 N–H and O–H groups in total. The first-order chi connectivity index (χ1) is 11.0. The van der Waals surface area contributed by atoms with Crippen molar-refractivity contribution >= 4 is 5.91 Å². The lowest BCUT2D eigenvalue weighted by Gasteiger charge is -2.31. The molecule has 0 bridgehead atoms. The molecule has 1 aromatic carbocycles. The highest BCUT2D eigenvalue weighted by Gasteiger charge is 2.24. The number of benzene rings is 1. The smallest absolute Gasteiger partial charge is 0.223 e. The van der Waals surface area contributed by atoms with Crippen molar-refractivity contribution in [2.45, 2.75) is 25.8 Å². The van der Waals surface area contributed by atoms with Crippen molar-refractivity contribution in [3.05, 3.63) is 35.6 Å². The van der Waals surface area contributed by atoms with Crippen molar-refractivity contribution in [3.8, 4) is 0 Å². The van der Waals surface area contributed by atoms with Crippen LogP contribution < -0.4 is 5.32 Å². The van der Waals surface area contributed by atoms with E-state index >= 15 is 0 Å². The maximum absolute atomic E-state index is 12.9. The van der Waals surface area contributed by atoms with Crippen LogP contribution in [0.1, 0.15) is 24.8 Å². The number of nitrogens with zero attached hydrogens (tertiary/aromatic N) is 2. The molecule has 1 aliphatic rings. The van der Waals surface area contributed by atoms with Crippen molar-refractivity contribution in [1.29, 1.82) is 0 Å². The van der Waals surface area contributed by atoms with Gasteiger partial charge < -0.3 is 10.2 Å². The van der Waals surface area contributed by atoms with Crippen molar-refractivity contribution < 1.29 is 9.18 Å². The summed E-state index contributed by atoms with van der Waals surface area (Å²) >= 11 is 0. The molecule has 1 amide bonds. The Morgan fingerprint density at radius 2 is 1.91 bits per heavy atom. The third-order valence-electron chi connectivity index (χ3n) is 4.36. The van der Waals surface area contributed by atoms with Crippen LogP contribution in [0.2, 0.25) is 0 Å². The van der Waals surface area contributed by atoms with Gasteiger partial charge in [0, 0.05) is 19.0 Å². The molecule has 1 heterocycles. The van der Waals surface area contributed by atoms with Crippen LogP contribution in [0.25, 0.3) is 0 Å². The Labute approximate surface area is 138 Å². The third-order valence-corrected chi connectivity index (χ3v) is 4.36. The second-order valence-corrected chi connectivity index (χ2v) is 6.62. The van der Waals surface area contributed by atoms with Gasteiger partial charge >= 0.3 is 0 Å². The minimum atomic E-state index is -0.196. The van der Waals surface area contributed by atoms with Gasteiger partial charge in [-0.2, -0.15) is 0 Å². The van der Waals surface area contributed by atoms with Crippen LogP contribution in [-0.2, 0) is 11.3 Å². The summed E-state index contributed by atoms with van der Waals surface area (Å²) in [6.45, 7) is 4.43. The fourth-order valence-corrected chi connectivity index (χ4v) is 2.95. The molecule has 0 radical (unpaired) electrons. The van der Waals surface area contributed by atoms with E-state index in [0.29, 0.717) is 0 Å². The van der Waals surface area contributed by atoms with Gasteiger partial charge in [0.05, 0.1) is 0 Å². The van der Waals surface area contributed by atoms with Gasteiger partial charge in [0.25, 0.3) is 0 Å². The Bertz CT molecular complexity index is 482. The zero-order chi connectivity index (χ0) is 16.7. The van der Waals surface area contributed by atoms with E-state index in [0.717, 1.165) is 57.5 Å². The number of piperidine rings is 1. The SMILES string of the molecule is CN(C)CCCNC(=O)C1CCN(Cc2ccc(F)cc2)CC1. The van der Waals surface area contributed by atoms with Crippen LogP contribution in [0, 0.1) is 11.7 Å². The van der Waals surface area contributed by atoms with E-state index in [1.54, 1.807) is 0 Å². The summed E-state index contributed by atoms with van der Waals surface area (Å²) in [7, 11) is 4.08. The van der Waals surface area contributed by atoms with Crippen LogP contribution >= 0.6 is 0 Å². The lowest BCUT2D eigenvalue weighted by Crippen LogP contribution is -2.40. The van der Waals surface area contributed by atoms with Crippen LogP contribution in [-0.4, -0.2) is 56.0 Å². The second kappa shape index (κ2) is 8.99. The fraction of sp³-hybridized carbons (Fsp3) is 0.611. The zero-order valence-corrected chi connectivity index (χ0v) is 14.2. The summed E-state index contributed by atoms with van der Waals surface area (Å²) in [6.07, 6.45) is 2.80. The van der Waals surface area contributed by atoms with Crippen molar-refractivity contribution in [2.75, 3.05) is 40.3 Å². The van der Waals surface area contributed by atoms with Gasteiger partial charge in [0.1, 0.15) is 5.82 Å². The first-order valence-electron chi connectivity index (χ1n) is 8.44. The molecular weight excluding hydrogens is 293 g/mol. The quantitative estimate of drug-likeness (QED) is 0.781. The Balaban J connectivity index is 1.66. The zero-order valence-electron chi connectivity index (χ0n) is 14.2. The predicted molar refractivity (Wildman–Crippen MR) is 90.6 cm³/mol. The van der Waals surface area contributed by atoms with Gasteiger partial charge in [-0.25, -0.2) is 4.39 Å². The van der Waals surface area contributed by atoms with E-state index in [4.69, 9.17) is 0 Å². The van der Waals surface area contributed by atoms with Crippen LogP contribution in [0.3, 0.4) is 0 Å². The highest BCUT2D eigenvalue weighted by atomic mass is 19.1. The first kappa shape index (κ1) is 17.9. The molecule has 1 aromatic rings. The van der Waals surface area contributed by atoms with Crippen LogP contribution in [0.15, 0.2) is 24.3 Å². The molecule has 5 heteroatoms. The average Bonchev–Trinajstić information content (AvgIpc) is 2.54. The van der Waals surface area contributed by atoms with Gasteiger partial charge in [-0.15, -0.1) is 0 Å². The molecule has 0 aliphatic carbocycles. The number of hydrogen-bond acceptors (Lipinski definition) is 3.